The molecule has 112 valence electrons. The van der Waals surface area contributed by atoms with Crippen LogP contribution in [0, 0.1) is 5.82 Å². The van der Waals surface area contributed by atoms with Gasteiger partial charge in [-0.1, -0.05) is 31.5 Å². The third-order valence-electron chi connectivity index (χ3n) is 2.85. The van der Waals surface area contributed by atoms with E-state index in [4.69, 9.17) is 0 Å². The summed E-state index contributed by atoms with van der Waals surface area (Å²) in [6, 6.07) is 6.22. The molecule has 0 aliphatic carbocycles. The number of hydrogen-bond acceptors (Lipinski definition) is 2. The zero-order valence-electron chi connectivity index (χ0n) is 12.2. The van der Waals surface area contributed by atoms with E-state index < -0.39 is 11.9 Å². The van der Waals surface area contributed by atoms with Gasteiger partial charge in [0.25, 0.3) is 0 Å². The Labute approximate surface area is 120 Å². The molecule has 0 aliphatic heterocycles. The van der Waals surface area contributed by atoms with E-state index in [1.807, 2.05) is 6.92 Å². The highest BCUT2D eigenvalue weighted by atomic mass is 19.1. The maximum atomic E-state index is 13.5. The highest BCUT2D eigenvalue weighted by Crippen LogP contribution is 2.16. The predicted molar refractivity (Wildman–Crippen MR) is 80.2 cm³/mol. The first-order valence-electron chi connectivity index (χ1n) is 7.13. The van der Waals surface area contributed by atoms with E-state index in [1.54, 1.807) is 18.2 Å². The number of unbranched alkanes of at least 4 members (excludes halogenated alkanes) is 1. The molecule has 0 heterocycles. The first-order chi connectivity index (χ1) is 9.69. The van der Waals surface area contributed by atoms with Crippen LogP contribution in [0.1, 0.15) is 38.4 Å². The van der Waals surface area contributed by atoms with E-state index in [-0.39, 0.29) is 12.1 Å². The van der Waals surface area contributed by atoms with Gasteiger partial charge in [-0.2, -0.15) is 0 Å². The Morgan fingerprint density at radius 2 is 2.05 bits per heavy atom. The Hall–Kier alpha value is -1.62. The van der Waals surface area contributed by atoms with Crippen LogP contribution in [0.4, 0.5) is 4.39 Å². The molecule has 0 spiro atoms. The summed E-state index contributed by atoms with van der Waals surface area (Å²) in [5, 5.41) is 16.3. The number of hydrogen-bond donors (Lipinski definition) is 3. The van der Waals surface area contributed by atoms with Gasteiger partial charge in [-0.05, 0) is 19.4 Å². The zero-order chi connectivity index (χ0) is 14.8. The van der Waals surface area contributed by atoms with Gasteiger partial charge in [0.1, 0.15) is 11.9 Å². The molecule has 0 bridgehead atoms. The largest absolute Gasteiger partial charge is 0.386 e. The number of aliphatic hydroxyl groups is 1. The smallest absolute Gasteiger partial charge is 0.191 e. The van der Waals surface area contributed by atoms with Gasteiger partial charge in [0.05, 0.1) is 6.54 Å². The summed E-state index contributed by atoms with van der Waals surface area (Å²) in [6.07, 6.45) is 1.22. The normalized spacial score (nSPS) is 13.1. The zero-order valence-corrected chi connectivity index (χ0v) is 12.2. The van der Waals surface area contributed by atoms with Crippen molar-refractivity contribution in [2.45, 2.75) is 32.8 Å². The van der Waals surface area contributed by atoms with Crippen LogP contribution in [0.3, 0.4) is 0 Å². The molecule has 0 saturated carbocycles. The number of rotatable bonds is 7. The van der Waals surface area contributed by atoms with Gasteiger partial charge in [-0.15, -0.1) is 0 Å². The molecule has 1 aromatic carbocycles. The van der Waals surface area contributed by atoms with Crippen molar-refractivity contribution in [2.75, 3.05) is 19.6 Å². The maximum Gasteiger partial charge on any atom is 0.191 e. The van der Waals surface area contributed by atoms with Gasteiger partial charge in [-0.3, -0.25) is 4.99 Å². The third-order valence-corrected chi connectivity index (χ3v) is 2.85. The Morgan fingerprint density at radius 3 is 2.70 bits per heavy atom. The molecule has 3 N–H and O–H groups in total. The van der Waals surface area contributed by atoms with Gasteiger partial charge in [0, 0.05) is 18.7 Å². The number of halogens is 1. The lowest BCUT2D eigenvalue weighted by molar-refractivity contribution is 0.182. The summed E-state index contributed by atoms with van der Waals surface area (Å²) < 4.78 is 13.5. The molecule has 0 radical (unpaired) electrons. The molecule has 1 rings (SSSR count). The van der Waals surface area contributed by atoms with Crippen molar-refractivity contribution < 1.29 is 9.50 Å². The maximum absolute atomic E-state index is 13.5. The molecular weight excluding hydrogens is 257 g/mol. The highest BCUT2D eigenvalue weighted by molar-refractivity contribution is 5.79. The van der Waals surface area contributed by atoms with Crippen molar-refractivity contribution in [1.82, 2.24) is 10.6 Å². The SMILES string of the molecule is CCCCNC(=NCC(O)c1ccccc1F)NCC. The van der Waals surface area contributed by atoms with E-state index in [2.05, 4.69) is 22.5 Å². The van der Waals surface area contributed by atoms with E-state index in [9.17, 15) is 9.50 Å². The summed E-state index contributed by atoms with van der Waals surface area (Å²) >= 11 is 0. The van der Waals surface area contributed by atoms with Crippen molar-refractivity contribution in [1.29, 1.82) is 0 Å². The minimum Gasteiger partial charge on any atom is -0.386 e. The average Bonchev–Trinajstić information content (AvgIpc) is 2.45. The second kappa shape index (κ2) is 9.31. The van der Waals surface area contributed by atoms with Crippen LogP contribution in [-0.4, -0.2) is 30.7 Å². The van der Waals surface area contributed by atoms with Crippen LogP contribution in [-0.2, 0) is 0 Å². The van der Waals surface area contributed by atoms with Crippen molar-refractivity contribution in [2.24, 2.45) is 4.99 Å². The number of guanidine groups is 1. The first-order valence-corrected chi connectivity index (χ1v) is 7.13. The highest BCUT2D eigenvalue weighted by Gasteiger charge is 2.11. The van der Waals surface area contributed by atoms with E-state index in [1.165, 1.54) is 6.07 Å². The summed E-state index contributed by atoms with van der Waals surface area (Å²) in [5.41, 5.74) is 0.278. The van der Waals surface area contributed by atoms with Crippen LogP contribution in [0.25, 0.3) is 0 Å². The molecule has 1 aromatic rings. The Balaban J connectivity index is 2.59. The quantitative estimate of drug-likeness (QED) is 0.408. The summed E-state index contributed by atoms with van der Waals surface area (Å²) in [4.78, 5) is 4.28. The van der Waals surface area contributed by atoms with Crippen molar-refractivity contribution in [3.05, 3.63) is 35.6 Å². The molecule has 0 saturated heterocycles. The number of nitrogens with one attached hydrogen (secondary N) is 2. The van der Waals surface area contributed by atoms with Crippen molar-refractivity contribution >= 4 is 5.96 Å². The predicted octanol–water partition coefficient (Wildman–Crippen LogP) is 2.21. The lowest BCUT2D eigenvalue weighted by Crippen LogP contribution is -2.38. The fourth-order valence-electron chi connectivity index (χ4n) is 1.75. The van der Waals surface area contributed by atoms with Crippen LogP contribution >= 0.6 is 0 Å². The average molecular weight is 281 g/mol. The Morgan fingerprint density at radius 1 is 1.30 bits per heavy atom. The number of benzene rings is 1. The first kappa shape index (κ1) is 16.4. The summed E-state index contributed by atoms with van der Waals surface area (Å²) in [7, 11) is 0. The topological polar surface area (TPSA) is 56.7 Å². The van der Waals surface area contributed by atoms with E-state index >= 15 is 0 Å². The van der Waals surface area contributed by atoms with Crippen molar-refractivity contribution in [3.63, 3.8) is 0 Å². The van der Waals surface area contributed by atoms with Crippen molar-refractivity contribution in [3.8, 4) is 0 Å². The van der Waals surface area contributed by atoms with Gasteiger partial charge >= 0.3 is 0 Å². The standard InChI is InChI=1S/C15H24FN3O/c1-3-5-10-18-15(17-4-2)19-11-14(20)12-8-6-7-9-13(12)16/h6-9,14,20H,3-5,10-11H2,1-2H3,(H2,17,18,19). The number of aliphatic hydroxyl groups excluding tert-OH is 1. The van der Waals surface area contributed by atoms with Crippen LogP contribution < -0.4 is 10.6 Å². The fourth-order valence-corrected chi connectivity index (χ4v) is 1.75. The van der Waals surface area contributed by atoms with E-state index in [0.29, 0.717) is 5.96 Å². The molecule has 0 fully saturated rings. The monoisotopic (exact) mass is 281 g/mol. The van der Waals surface area contributed by atoms with Crippen LogP contribution in [0.15, 0.2) is 29.3 Å². The third kappa shape index (κ3) is 5.57. The fraction of sp³-hybridized carbons (Fsp3) is 0.533. The number of aliphatic imine (C=N–C) groups is 1. The number of nitrogens with zero attached hydrogens (tertiary/aromatic N) is 1. The molecular formula is C15H24FN3O. The molecule has 5 heteroatoms. The molecule has 0 aliphatic rings. The lowest BCUT2D eigenvalue weighted by Gasteiger charge is -2.13. The van der Waals surface area contributed by atoms with Gasteiger partial charge in [0.2, 0.25) is 0 Å². The summed E-state index contributed by atoms with van der Waals surface area (Å²) in [5.74, 6) is 0.246. The second-order valence-corrected chi connectivity index (χ2v) is 4.54. The second-order valence-electron chi connectivity index (χ2n) is 4.54. The molecule has 0 aromatic heterocycles. The van der Waals surface area contributed by atoms with Crippen LogP contribution in [0.2, 0.25) is 0 Å². The van der Waals surface area contributed by atoms with Gasteiger partial charge in [-0.25, -0.2) is 4.39 Å². The molecule has 20 heavy (non-hydrogen) atoms. The minimum absolute atomic E-state index is 0.127. The molecule has 0 amide bonds. The van der Waals surface area contributed by atoms with Gasteiger partial charge < -0.3 is 15.7 Å². The van der Waals surface area contributed by atoms with Crippen LogP contribution in [0.5, 0.6) is 0 Å². The lowest BCUT2D eigenvalue weighted by atomic mass is 10.1. The summed E-state index contributed by atoms with van der Waals surface area (Å²) in [6.45, 7) is 5.80. The molecule has 1 atom stereocenters. The Bertz CT molecular complexity index is 423. The molecule has 4 nitrogen and oxygen atoms in total. The van der Waals surface area contributed by atoms with E-state index in [0.717, 1.165) is 25.9 Å². The molecule has 1 unspecified atom stereocenters. The Kier molecular flexibility index (Phi) is 7.65. The minimum atomic E-state index is -0.933. The van der Waals surface area contributed by atoms with Gasteiger partial charge in [0.15, 0.2) is 5.96 Å².